The summed E-state index contributed by atoms with van der Waals surface area (Å²) < 4.78 is 11.1. The van der Waals surface area contributed by atoms with E-state index in [0.29, 0.717) is 6.61 Å². The summed E-state index contributed by atoms with van der Waals surface area (Å²) in [4.78, 5) is 0. The quantitative estimate of drug-likeness (QED) is 0.679. The molecule has 0 bridgehead atoms. The first-order valence-electron chi connectivity index (χ1n) is 7.40. The second-order valence-electron chi connectivity index (χ2n) is 6.14. The van der Waals surface area contributed by atoms with Gasteiger partial charge in [0, 0.05) is 24.3 Å². The van der Waals surface area contributed by atoms with Crippen LogP contribution in [0.3, 0.4) is 0 Å². The summed E-state index contributed by atoms with van der Waals surface area (Å²) in [6.45, 7) is 11.0. The lowest BCUT2D eigenvalue weighted by Gasteiger charge is -2.19. The SMILES string of the molecule is CCCCCCOCc1cc(CNC(C)(C)C)co1. The van der Waals surface area contributed by atoms with E-state index in [1.165, 1.54) is 24.8 Å². The van der Waals surface area contributed by atoms with Crippen LogP contribution in [0.5, 0.6) is 0 Å². The molecule has 1 N–H and O–H groups in total. The van der Waals surface area contributed by atoms with Crippen molar-refractivity contribution in [1.82, 2.24) is 5.32 Å². The molecule has 110 valence electrons. The number of ether oxygens (including phenoxy) is 1. The summed E-state index contributed by atoms with van der Waals surface area (Å²) in [5.41, 5.74) is 1.31. The molecule has 0 aliphatic rings. The van der Waals surface area contributed by atoms with Crippen molar-refractivity contribution in [2.75, 3.05) is 6.61 Å². The highest BCUT2D eigenvalue weighted by molar-refractivity contribution is 5.12. The summed E-state index contributed by atoms with van der Waals surface area (Å²) >= 11 is 0. The molecule has 0 saturated carbocycles. The third-order valence-corrected chi connectivity index (χ3v) is 2.92. The van der Waals surface area contributed by atoms with Crippen LogP contribution in [0, 0.1) is 0 Å². The van der Waals surface area contributed by atoms with Crippen molar-refractivity contribution in [2.24, 2.45) is 0 Å². The van der Waals surface area contributed by atoms with Crippen molar-refractivity contribution >= 4 is 0 Å². The van der Waals surface area contributed by atoms with Crippen molar-refractivity contribution in [1.29, 1.82) is 0 Å². The van der Waals surface area contributed by atoms with Gasteiger partial charge in [-0.2, -0.15) is 0 Å². The summed E-state index contributed by atoms with van der Waals surface area (Å²) in [6.07, 6.45) is 6.78. The molecule has 0 aliphatic carbocycles. The van der Waals surface area contributed by atoms with Crippen LogP contribution in [-0.2, 0) is 17.9 Å². The van der Waals surface area contributed by atoms with E-state index in [1.54, 1.807) is 0 Å². The number of nitrogens with one attached hydrogen (secondary N) is 1. The van der Waals surface area contributed by atoms with Crippen molar-refractivity contribution < 1.29 is 9.15 Å². The molecule has 0 radical (unpaired) electrons. The molecular weight excluding hydrogens is 238 g/mol. The molecule has 0 unspecified atom stereocenters. The lowest BCUT2D eigenvalue weighted by Crippen LogP contribution is -2.34. The van der Waals surface area contributed by atoms with Gasteiger partial charge < -0.3 is 14.5 Å². The molecule has 0 spiro atoms. The maximum Gasteiger partial charge on any atom is 0.129 e. The predicted octanol–water partition coefficient (Wildman–Crippen LogP) is 4.26. The van der Waals surface area contributed by atoms with E-state index in [0.717, 1.165) is 25.3 Å². The number of hydrogen-bond acceptors (Lipinski definition) is 3. The molecule has 0 aliphatic heterocycles. The van der Waals surface area contributed by atoms with Crippen LogP contribution in [-0.4, -0.2) is 12.1 Å². The Morgan fingerprint density at radius 3 is 2.68 bits per heavy atom. The molecule has 0 fully saturated rings. The van der Waals surface area contributed by atoms with Gasteiger partial charge in [-0.3, -0.25) is 0 Å². The van der Waals surface area contributed by atoms with Crippen LogP contribution < -0.4 is 5.32 Å². The summed E-state index contributed by atoms with van der Waals surface area (Å²) in [7, 11) is 0. The van der Waals surface area contributed by atoms with Gasteiger partial charge in [0.2, 0.25) is 0 Å². The largest absolute Gasteiger partial charge is 0.467 e. The third-order valence-electron chi connectivity index (χ3n) is 2.92. The topological polar surface area (TPSA) is 34.4 Å². The van der Waals surface area contributed by atoms with Gasteiger partial charge in [0.05, 0.1) is 6.26 Å². The lowest BCUT2D eigenvalue weighted by molar-refractivity contribution is 0.102. The first-order valence-corrected chi connectivity index (χ1v) is 7.40. The summed E-state index contributed by atoms with van der Waals surface area (Å²) in [5, 5.41) is 3.44. The van der Waals surface area contributed by atoms with Crippen LogP contribution in [0.1, 0.15) is 64.7 Å². The average Bonchev–Trinajstić information content (AvgIpc) is 2.78. The highest BCUT2D eigenvalue weighted by atomic mass is 16.5. The minimum atomic E-state index is 0.132. The second-order valence-corrected chi connectivity index (χ2v) is 6.14. The van der Waals surface area contributed by atoms with Crippen LogP contribution in [0.15, 0.2) is 16.7 Å². The Morgan fingerprint density at radius 1 is 1.21 bits per heavy atom. The molecule has 19 heavy (non-hydrogen) atoms. The van der Waals surface area contributed by atoms with E-state index in [4.69, 9.17) is 9.15 Å². The predicted molar refractivity (Wildman–Crippen MR) is 79.1 cm³/mol. The van der Waals surface area contributed by atoms with E-state index >= 15 is 0 Å². The van der Waals surface area contributed by atoms with Crippen molar-refractivity contribution in [3.05, 3.63) is 23.7 Å². The van der Waals surface area contributed by atoms with Gasteiger partial charge in [-0.25, -0.2) is 0 Å². The fourth-order valence-corrected chi connectivity index (χ4v) is 1.77. The molecule has 0 atom stereocenters. The molecule has 1 heterocycles. The van der Waals surface area contributed by atoms with E-state index < -0.39 is 0 Å². The zero-order chi connectivity index (χ0) is 14.1. The first kappa shape index (κ1) is 16.3. The zero-order valence-corrected chi connectivity index (χ0v) is 12.9. The Balaban J connectivity index is 2.16. The Labute approximate surface area is 117 Å². The smallest absolute Gasteiger partial charge is 0.129 e. The fraction of sp³-hybridized carbons (Fsp3) is 0.750. The number of unbranched alkanes of at least 4 members (excludes halogenated alkanes) is 3. The van der Waals surface area contributed by atoms with Crippen LogP contribution in [0.25, 0.3) is 0 Å². The number of furan rings is 1. The summed E-state index contributed by atoms with van der Waals surface area (Å²) in [5.74, 6) is 0.918. The number of hydrogen-bond donors (Lipinski definition) is 1. The average molecular weight is 267 g/mol. The van der Waals surface area contributed by atoms with Gasteiger partial charge in [-0.15, -0.1) is 0 Å². The fourth-order valence-electron chi connectivity index (χ4n) is 1.77. The van der Waals surface area contributed by atoms with Gasteiger partial charge in [0.25, 0.3) is 0 Å². The maximum absolute atomic E-state index is 5.61. The monoisotopic (exact) mass is 267 g/mol. The minimum Gasteiger partial charge on any atom is -0.467 e. The van der Waals surface area contributed by atoms with Gasteiger partial charge >= 0.3 is 0 Å². The van der Waals surface area contributed by atoms with Crippen LogP contribution in [0.2, 0.25) is 0 Å². The molecule has 0 aromatic carbocycles. The summed E-state index contributed by atoms with van der Waals surface area (Å²) in [6, 6.07) is 2.07. The molecule has 1 aromatic rings. The Hall–Kier alpha value is -0.800. The normalized spacial score (nSPS) is 12.0. The molecule has 3 heteroatoms. The Bertz CT molecular complexity index is 339. The van der Waals surface area contributed by atoms with Crippen molar-refractivity contribution in [3.8, 4) is 0 Å². The molecular formula is C16H29NO2. The zero-order valence-electron chi connectivity index (χ0n) is 12.9. The first-order chi connectivity index (χ1) is 9.01. The van der Waals surface area contributed by atoms with Crippen LogP contribution in [0.4, 0.5) is 0 Å². The van der Waals surface area contributed by atoms with Gasteiger partial charge in [-0.1, -0.05) is 26.2 Å². The van der Waals surface area contributed by atoms with Crippen molar-refractivity contribution in [3.63, 3.8) is 0 Å². The van der Waals surface area contributed by atoms with Gasteiger partial charge in [0.1, 0.15) is 12.4 Å². The Kier molecular flexibility index (Phi) is 7.17. The maximum atomic E-state index is 5.61. The highest BCUT2D eigenvalue weighted by Gasteiger charge is 2.09. The third kappa shape index (κ3) is 8.06. The van der Waals surface area contributed by atoms with Crippen LogP contribution >= 0.6 is 0 Å². The van der Waals surface area contributed by atoms with E-state index in [1.807, 2.05) is 6.26 Å². The Morgan fingerprint density at radius 2 is 2.00 bits per heavy atom. The lowest BCUT2D eigenvalue weighted by atomic mass is 10.1. The van der Waals surface area contributed by atoms with E-state index in [9.17, 15) is 0 Å². The van der Waals surface area contributed by atoms with E-state index in [-0.39, 0.29) is 5.54 Å². The molecule has 3 nitrogen and oxygen atoms in total. The standard InChI is InChI=1S/C16H29NO2/c1-5-6-7-8-9-18-13-15-10-14(12-19-15)11-17-16(2,3)4/h10,12,17H,5-9,11,13H2,1-4H3. The molecule has 0 amide bonds. The highest BCUT2D eigenvalue weighted by Crippen LogP contribution is 2.11. The van der Waals surface area contributed by atoms with Gasteiger partial charge in [-0.05, 0) is 33.3 Å². The van der Waals surface area contributed by atoms with Gasteiger partial charge in [0.15, 0.2) is 0 Å². The van der Waals surface area contributed by atoms with E-state index in [2.05, 4.69) is 39.1 Å². The van der Waals surface area contributed by atoms with Crippen molar-refractivity contribution in [2.45, 2.75) is 72.1 Å². The molecule has 0 saturated heterocycles. The minimum absolute atomic E-state index is 0.132. The second kappa shape index (κ2) is 8.39. The molecule has 1 aromatic heterocycles. The number of rotatable bonds is 9. The molecule has 1 rings (SSSR count).